The molecular formula is C31H46N2Ni. The fraction of sp³-hybridized carbons (Fsp3) is 0.548. The molecule has 34 heavy (non-hydrogen) atoms. The maximum Gasteiger partial charge on any atom is 0.0633 e. The molecule has 0 aliphatic carbocycles. The van der Waals surface area contributed by atoms with Crippen LogP contribution in [0.4, 0.5) is 11.4 Å². The molecule has 3 heteroatoms. The third-order valence-electron chi connectivity index (χ3n) is 6.16. The zero-order chi connectivity index (χ0) is 23.4. The molecule has 0 saturated carbocycles. The predicted molar refractivity (Wildman–Crippen MR) is 148 cm³/mol. The van der Waals surface area contributed by atoms with Crippen LogP contribution in [0.2, 0.25) is 0 Å². The molecule has 0 atom stereocenters. The summed E-state index contributed by atoms with van der Waals surface area (Å²) in [6.07, 6.45) is 19.4. The molecule has 0 amide bonds. The number of aliphatic imine (C=N–C) groups is 2. The molecule has 2 nitrogen and oxygen atoms in total. The van der Waals surface area contributed by atoms with E-state index in [9.17, 15) is 0 Å². The van der Waals surface area contributed by atoms with Crippen LogP contribution in [0.25, 0.3) is 0 Å². The first-order chi connectivity index (χ1) is 16.3. The Morgan fingerprint density at radius 3 is 1.24 bits per heavy atom. The molecule has 0 N–H and O–H groups in total. The van der Waals surface area contributed by atoms with Gasteiger partial charge in [0.1, 0.15) is 0 Å². The largest absolute Gasteiger partial charge is 0.252 e. The molecule has 0 heterocycles. The maximum atomic E-state index is 5.08. The Morgan fingerprint density at radius 2 is 0.824 bits per heavy atom. The van der Waals surface area contributed by atoms with E-state index < -0.39 is 0 Å². The Morgan fingerprint density at radius 1 is 0.471 bits per heavy atom. The third kappa shape index (κ3) is 13.9. The van der Waals surface area contributed by atoms with Crippen LogP contribution >= 0.6 is 0 Å². The Bertz CT molecular complexity index is 784. The van der Waals surface area contributed by atoms with Gasteiger partial charge in [0.25, 0.3) is 0 Å². The molecule has 0 aliphatic heterocycles. The van der Waals surface area contributed by atoms with Crippen LogP contribution in [-0.2, 0) is 16.5 Å². The minimum Gasteiger partial charge on any atom is -0.252 e. The van der Waals surface area contributed by atoms with Gasteiger partial charge in [0.15, 0.2) is 0 Å². The second-order valence-corrected chi connectivity index (χ2v) is 9.18. The van der Waals surface area contributed by atoms with Gasteiger partial charge in [-0.05, 0) is 49.9 Å². The summed E-state index contributed by atoms with van der Waals surface area (Å²) in [4.78, 5) is 10.1. The van der Waals surface area contributed by atoms with Gasteiger partial charge in [-0.3, -0.25) is 9.98 Å². The summed E-state index contributed by atoms with van der Waals surface area (Å²) in [5.41, 5.74) is 4.41. The van der Waals surface area contributed by atoms with Gasteiger partial charge in [0.05, 0.1) is 22.8 Å². The molecule has 190 valence electrons. The van der Waals surface area contributed by atoms with Crippen molar-refractivity contribution in [2.45, 2.75) is 110 Å². The van der Waals surface area contributed by atoms with E-state index in [0.29, 0.717) is 0 Å². The summed E-state index contributed by atoms with van der Waals surface area (Å²) in [7, 11) is 0. The van der Waals surface area contributed by atoms with Gasteiger partial charge < -0.3 is 0 Å². The first kappa shape index (κ1) is 30.3. The van der Waals surface area contributed by atoms with E-state index in [1.165, 1.54) is 88.5 Å². The first-order valence-corrected chi connectivity index (χ1v) is 13.6. The van der Waals surface area contributed by atoms with Crippen LogP contribution in [0.3, 0.4) is 0 Å². The molecule has 0 bridgehead atoms. The normalized spacial score (nSPS) is 11.9. The van der Waals surface area contributed by atoms with Gasteiger partial charge in [-0.1, -0.05) is 121 Å². The zero-order valence-corrected chi connectivity index (χ0v) is 22.6. The Hall–Kier alpha value is -1.73. The fourth-order valence-corrected chi connectivity index (χ4v) is 4.15. The molecule has 0 spiro atoms. The molecule has 0 aliphatic rings. The standard InChI is InChI=1S/C31H46N2.Ni/c1-3-5-7-8-9-10-11-12-13-14-21-27-31(33-29-24-19-16-20-25-29)30(26-6-4-2)32-28-22-17-15-18-23-28;/h15-20,22-25H,3-14,21,26-27H2,1-2H3;/b32-30+,33-31+;. The summed E-state index contributed by atoms with van der Waals surface area (Å²) in [6, 6.07) is 20.7. The molecule has 0 aromatic heterocycles. The van der Waals surface area contributed by atoms with Crippen LogP contribution in [0.5, 0.6) is 0 Å². The number of para-hydroxylation sites is 2. The molecule has 0 saturated heterocycles. The monoisotopic (exact) mass is 504 g/mol. The fourth-order valence-electron chi connectivity index (χ4n) is 4.15. The molecule has 0 radical (unpaired) electrons. The number of hydrogen-bond donors (Lipinski definition) is 0. The number of unbranched alkanes of at least 4 members (excludes halogenated alkanes) is 11. The van der Waals surface area contributed by atoms with Gasteiger partial charge in [-0.2, -0.15) is 0 Å². The van der Waals surface area contributed by atoms with E-state index in [0.717, 1.165) is 30.6 Å². The number of nitrogens with zero attached hydrogens (tertiary/aromatic N) is 2. The topological polar surface area (TPSA) is 24.7 Å². The molecule has 2 aromatic rings. The molecule has 2 rings (SSSR count). The molecule has 0 unspecified atom stereocenters. The summed E-state index contributed by atoms with van der Waals surface area (Å²) in [5.74, 6) is 0. The quantitative estimate of drug-likeness (QED) is 0.109. The van der Waals surface area contributed by atoms with Crippen LogP contribution < -0.4 is 0 Å². The Kier molecular flexibility index (Phi) is 18.4. The van der Waals surface area contributed by atoms with E-state index in [-0.39, 0.29) is 16.5 Å². The molecule has 0 fully saturated rings. The van der Waals surface area contributed by atoms with Crippen molar-refractivity contribution >= 4 is 22.8 Å². The summed E-state index contributed by atoms with van der Waals surface area (Å²) in [5, 5.41) is 0. The second-order valence-electron chi connectivity index (χ2n) is 9.18. The van der Waals surface area contributed by atoms with Crippen molar-refractivity contribution in [3.8, 4) is 0 Å². The first-order valence-electron chi connectivity index (χ1n) is 13.6. The zero-order valence-electron chi connectivity index (χ0n) is 21.6. The van der Waals surface area contributed by atoms with E-state index >= 15 is 0 Å². The average molecular weight is 505 g/mol. The van der Waals surface area contributed by atoms with Crippen molar-refractivity contribution in [1.82, 2.24) is 0 Å². The minimum atomic E-state index is 0. The maximum absolute atomic E-state index is 5.08. The summed E-state index contributed by atoms with van der Waals surface area (Å²) < 4.78 is 0. The van der Waals surface area contributed by atoms with Crippen molar-refractivity contribution < 1.29 is 16.5 Å². The smallest absolute Gasteiger partial charge is 0.0633 e. The minimum absolute atomic E-state index is 0. The van der Waals surface area contributed by atoms with Crippen molar-refractivity contribution in [2.75, 3.05) is 0 Å². The third-order valence-corrected chi connectivity index (χ3v) is 6.16. The molecular weight excluding hydrogens is 459 g/mol. The Balaban J connectivity index is 0.00000578. The van der Waals surface area contributed by atoms with Crippen molar-refractivity contribution in [3.63, 3.8) is 0 Å². The number of hydrogen-bond acceptors (Lipinski definition) is 2. The van der Waals surface area contributed by atoms with Gasteiger partial charge in [0.2, 0.25) is 0 Å². The van der Waals surface area contributed by atoms with Gasteiger partial charge in [0, 0.05) is 16.5 Å². The Labute approximate surface area is 219 Å². The van der Waals surface area contributed by atoms with Crippen LogP contribution in [0.1, 0.15) is 110 Å². The van der Waals surface area contributed by atoms with Gasteiger partial charge in [-0.25, -0.2) is 0 Å². The van der Waals surface area contributed by atoms with Crippen LogP contribution in [-0.4, -0.2) is 11.4 Å². The van der Waals surface area contributed by atoms with Gasteiger partial charge >= 0.3 is 0 Å². The van der Waals surface area contributed by atoms with E-state index in [1.54, 1.807) is 0 Å². The van der Waals surface area contributed by atoms with Crippen molar-refractivity contribution in [1.29, 1.82) is 0 Å². The van der Waals surface area contributed by atoms with Crippen molar-refractivity contribution in [2.24, 2.45) is 9.98 Å². The number of benzene rings is 2. The van der Waals surface area contributed by atoms with Crippen LogP contribution in [0.15, 0.2) is 70.6 Å². The average Bonchev–Trinajstić information content (AvgIpc) is 2.85. The second kappa shape index (κ2) is 20.6. The predicted octanol–water partition coefficient (Wildman–Crippen LogP) is 10.4. The summed E-state index contributed by atoms with van der Waals surface area (Å²) >= 11 is 0. The SMILES string of the molecule is CCCCCCCCCCCCCC(=N\c1ccccc1)/C(CCCC)=N/c1ccccc1.[Ni]. The summed E-state index contributed by atoms with van der Waals surface area (Å²) in [6.45, 7) is 4.54. The molecule has 2 aromatic carbocycles. The number of rotatable bonds is 18. The van der Waals surface area contributed by atoms with Gasteiger partial charge in [-0.15, -0.1) is 0 Å². The van der Waals surface area contributed by atoms with E-state index in [2.05, 4.69) is 74.5 Å². The van der Waals surface area contributed by atoms with E-state index in [1.807, 2.05) is 0 Å². The van der Waals surface area contributed by atoms with Crippen molar-refractivity contribution in [3.05, 3.63) is 60.7 Å². The van der Waals surface area contributed by atoms with Crippen LogP contribution in [0, 0.1) is 0 Å². The van der Waals surface area contributed by atoms with E-state index in [4.69, 9.17) is 9.98 Å².